The summed E-state index contributed by atoms with van der Waals surface area (Å²) >= 11 is 0. The lowest BCUT2D eigenvalue weighted by Gasteiger charge is -2.29. The zero-order valence-electron chi connectivity index (χ0n) is 6.43. The highest BCUT2D eigenvalue weighted by Gasteiger charge is 2.18. The zero-order chi connectivity index (χ0) is 7.40. The van der Waals surface area contributed by atoms with Gasteiger partial charge in [0, 0.05) is 12.1 Å². The third kappa shape index (κ3) is 2.00. The van der Waals surface area contributed by atoms with Crippen molar-refractivity contribution in [2.75, 3.05) is 0 Å². The maximum absolute atomic E-state index is 8.35. The Labute approximate surface area is 62.2 Å². The third-order valence-electron chi connectivity index (χ3n) is 2.02. The molecule has 1 N–H and O–H groups in total. The maximum Gasteiger partial charge on any atom is 0.0638 e. The molecular formula is C8H14N2. The van der Waals surface area contributed by atoms with Crippen LogP contribution in [-0.2, 0) is 0 Å². The molecule has 0 aromatic rings. The fourth-order valence-corrected chi connectivity index (χ4v) is 1.17. The van der Waals surface area contributed by atoms with E-state index in [1.807, 2.05) is 0 Å². The van der Waals surface area contributed by atoms with Gasteiger partial charge >= 0.3 is 0 Å². The summed E-state index contributed by atoms with van der Waals surface area (Å²) in [4.78, 5) is 0. The van der Waals surface area contributed by atoms with Gasteiger partial charge < -0.3 is 5.32 Å². The van der Waals surface area contributed by atoms with Gasteiger partial charge in [-0.15, -0.1) is 0 Å². The van der Waals surface area contributed by atoms with Crippen LogP contribution in [0.3, 0.4) is 0 Å². The molecule has 1 fully saturated rings. The van der Waals surface area contributed by atoms with Crippen LogP contribution in [0.15, 0.2) is 0 Å². The highest BCUT2D eigenvalue weighted by molar-refractivity contribution is 4.83. The molecule has 0 heterocycles. The van der Waals surface area contributed by atoms with Crippen molar-refractivity contribution >= 4 is 0 Å². The molecule has 1 rings (SSSR count). The smallest absolute Gasteiger partial charge is 0.0638 e. The first kappa shape index (κ1) is 7.56. The Kier molecular flexibility index (Phi) is 2.70. The quantitative estimate of drug-likeness (QED) is 0.640. The largest absolute Gasteiger partial charge is 0.310 e. The molecule has 2 nitrogen and oxygen atoms in total. The molecule has 0 aromatic heterocycles. The van der Waals surface area contributed by atoms with E-state index in [2.05, 4.69) is 18.3 Å². The van der Waals surface area contributed by atoms with Crippen molar-refractivity contribution in [3.63, 3.8) is 0 Å². The number of nitrogens with zero attached hydrogens (tertiary/aromatic N) is 1. The first-order valence-corrected chi connectivity index (χ1v) is 3.96. The Morgan fingerprint density at radius 2 is 2.40 bits per heavy atom. The highest BCUT2D eigenvalue weighted by Crippen LogP contribution is 2.18. The van der Waals surface area contributed by atoms with Crippen LogP contribution in [0.1, 0.15) is 32.6 Å². The molecule has 1 aliphatic carbocycles. The fourth-order valence-electron chi connectivity index (χ4n) is 1.17. The topological polar surface area (TPSA) is 35.8 Å². The second-order valence-corrected chi connectivity index (χ2v) is 3.06. The second kappa shape index (κ2) is 3.58. The van der Waals surface area contributed by atoms with Gasteiger partial charge in [-0.05, 0) is 19.8 Å². The van der Waals surface area contributed by atoms with Crippen molar-refractivity contribution in [2.45, 2.75) is 44.7 Å². The summed E-state index contributed by atoms with van der Waals surface area (Å²) in [7, 11) is 0. The van der Waals surface area contributed by atoms with Crippen LogP contribution in [-0.4, -0.2) is 12.1 Å². The third-order valence-corrected chi connectivity index (χ3v) is 2.02. The van der Waals surface area contributed by atoms with Crippen molar-refractivity contribution in [1.82, 2.24) is 5.32 Å². The number of hydrogen-bond acceptors (Lipinski definition) is 2. The van der Waals surface area contributed by atoms with Crippen LogP contribution >= 0.6 is 0 Å². The predicted molar refractivity (Wildman–Crippen MR) is 40.5 cm³/mol. The lowest BCUT2D eigenvalue weighted by Crippen LogP contribution is -2.40. The van der Waals surface area contributed by atoms with E-state index >= 15 is 0 Å². The molecule has 1 unspecified atom stereocenters. The average molecular weight is 138 g/mol. The van der Waals surface area contributed by atoms with Gasteiger partial charge in [0.2, 0.25) is 0 Å². The summed E-state index contributed by atoms with van der Waals surface area (Å²) in [6.45, 7) is 2.07. The summed E-state index contributed by atoms with van der Waals surface area (Å²) in [5.74, 6) is 0. The zero-order valence-corrected chi connectivity index (χ0v) is 6.43. The lowest BCUT2D eigenvalue weighted by molar-refractivity contribution is 0.312. The molecule has 10 heavy (non-hydrogen) atoms. The first-order valence-electron chi connectivity index (χ1n) is 3.96. The predicted octanol–water partition coefficient (Wildman–Crippen LogP) is 1.43. The van der Waals surface area contributed by atoms with Gasteiger partial charge in [-0.25, -0.2) is 0 Å². The molecule has 56 valence electrons. The minimum Gasteiger partial charge on any atom is -0.310 e. The standard InChI is InChI=1S/C8H14N2/c1-7(5-6-9)10-8-3-2-4-8/h7-8,10H,2-5H2,1H3. The van der Waals surface area contributed by atoms with Crippen LogP contribution < -0.4 is 5.32 Å². The molecule has 1 aliphatic rings. The molecule has 1 atom stereocenters. The minimum atomic E-state index is 0.385. The highest BCUT2D eigenvalue weighted by atomic mass is 15.0. The average Bonchev–Trinajstić information content (AvgIpc) is 1.80. The van der Waals surface area contributed by atoms with Crippen molar-refractivity contribution in [2.24, 2.45) is 0 Å². The van der Waals surface area contributed by atoms with Crippen LogP contribution in [0.2, 0.25) is 0 Å². The van der Waals surface area contributed by atoms with Crippen molar-refractivity contribution in [3.8, 4) is 6.07 Å². The van der Waals surface area contributed by atoms with Gasteiger partial charge in [0.1, 0.15) is 0 Å². The van der Waals surface area contributed by atoms with Gasteiger partial charge in [0.05, 0.1) is 12.5 Å². The van der Waals surface area contributed by atoms with E-state index in [4.69, 9.17) is 5.26 Å². The summed E-state index contributed by atoms with van der Waals surface area (Å²) in [5.41, 5.74) is 0. The lowest BCUT2D eigenvalue weighted by atomic mass is 9.92. The molecule has 0 saturated heterocycles. The van der Waals surface area contributed by atoms with Crippen LogP contribution in [0.5, 0.6) is 0 Å². The van der Waals surface area contributed by atoms with Gasteiger partial charge in [-0.3, -0.25) is 0 Å². The minimum absolute atomic E-state index is 0.385. The Morgan fingerprint density at radius 1 is 1.70 bits per heavy atom. The number of rotatable bonds is 3. The SMILES string of the molecule is CC(CC#N)NC1CCC1. The second-order valence-electron chi connectivity index (χ2n) is 3.06. The summed E-state index contributed by atoms with van der Waals surface area (Å²) in [6.07, 6.45) is 4.60. The summed E-state index contributed by atoms with van der Waals surface area (Å²) in [6, 6.07) is 3.25. The fraction of sp³-hybridized carbons (Fsp3) is 0.875. The van der Waals surface area contributed by atoms with E-state index in [0.29, 0.717) is 18.5 Å². The summed E-state index contributed by atoms with van der Waals surface area (Å²) in [5, 5.41) is 11.7. The van der Waals surface area contributed by atoms with Gasteiger partial charge in [0.25, 0.3) is 0 Å². The molecule has 0 aliphatic heterocycles. The number of hydrogen-bond donors (Lipinski definition) is 1. The van der Waals surface area contributed by atoms with Crippen LogP contribution in [0.25, 0.3) is 0 Å². The van der Waals surface area contributed by atoms with Gasteiger partial charge in [-0.2, -0.15) is 5.26 Å². The van der Waals surface area contributed by atoms with E-state index in [9.17, 15) is 0 Å². The molecule has 2 heteroatoms. The van der Waals surface area contributed by atoms with Crippen molar-refractivity contribution in [3.05, 3.63) is 0 Å². The first-order chi connectivity index (χ1) is 4.83. The van der Waals surface area contributed by atoms with Crippen LogP contribution in [0.4, 0.5) is 0 Å². The Balaban J connectivity index is 2.06. The molecule has 1 saturated carbocycles. The molecule has 0 aromatic carbocycles. The van der Waals surface area contributed by atoms with E-state index in [0.717, 1.165) is 0 Å². The monoisotopic (exact) mass is 138 g/mol. The van der Waals surface area contributed by atoms with Gasteiger partial charge in [-0.1, -0.05) is 6.42 Å². The molecular weight excluding hydrogens is 124 g/mol. The van der Waals surface area contributed by atoms with Crippen molar-refractivity contribution in [1.29, 1.82) is 5.26 Å². The summed E-state index contributed by atoms with van der Waals surface area (Å²) < 4.78 is 0. The normalized spacial score (nSPS) is 21.2. The molecule has 0 radical (unpaired) electrons. The molecule has 0 spiro atoms. The van der Waals surface area contributed by atoms with E-state index in [1.54, 1.807) is 0 Å². The van der Waals surface area contributed by atoms with E-state index < -0.39 is 0 Å². The Hall–Kier alpha value is -0.550. The van der Waals surface area contributed by atoms with E-state index in [-0.39, 0.29) is 0 Å². The molecule has 0 bridgehead atoms. The van der Waals surface area contributed by atoms with E-state index in [1.165, 1.54) is 19.3 Å². The van der Waals surface area contributed by atoms with Crippen LogP contribution in [0, 0.1) is 11.3 Å². The number of nitriles is 1. The Bertz CT molecular complexity index is 133. The Morgan fingerprint density at radius 3 is 2.80 bits per heavy atom. The number of nitrogens with one attached hydrogen (secondary N) is 1. The molecule has 0 amide bonds. The van der Waals surface area contributed by atoms with Gasteiger partial charge in [0.15, 0.2) is 0 Å². The maximum atomic E-state index is 8.35. The van der Waals surface area contributed by atoms with Crippen molar-refractivity contribution < 1.29 is 0 Å².